The molecule has 3 amide bonds. The Morgan fingerprint density at radius 3 is 2.45 bits per heavy atom. The van der Waals surface area contributed by atoms with Crippen molar-refractivity contribution in [2.45, 2.75) is 32.7 Å². The molecule has 7 nitrogen and oxygen atoms in total. The number of benzene rings is 1. The largest absolute Gasteiger partial charge is 0.350 e. The minimum atomic E-state index is -0.126. The van der Waals surface area contributed by atoms with Crippen LogP contribution in [0.3, 0.4) is 0 Å². The number of piperidine rings is 1. The standard InChI is InChI=1S/C24H26N4O3S2/c1-15(25-16(2)29)17-5-7-18(8-6-17)20-14-33-24(26-20)27-22(30)19-9-11-28(12-10-19)23(31)21-4-3-13-32-21/h3-8,13-15,19H,9-12H2,1-2H3,(H,25,29)(H,26,27,30)/t15-/m0/s1. The first kappa shape index (κ1) is 23.1. The molecule has 2 aromatic heterocycles. The third-order valence-corrected chi connectivity index (χ3v) is 7.36. The van der Waals surface area contributed by atoms with Gasteiger partial charge < -0.3 is 15.5 Å². The number of hydrogen-bond donors (Lipinski definition) is 2. The van der Waals surface area contributed by atoms with Crippen LogP contribution >= 0.6 is 22.7 Å². The monoisotopic (exact) mass is 482 g/mol. The van der Waals surface area contributed by atoms with Crippen molar-refractivity contribution in [3.63, 3.8) is 0 Å². The highest BCUT2D eigenvalue weighted by atomic mass is 32.1. The lowest BCUT2D eigenvalue weighted by Gasteiger charge is -2.30. The summed E-state index contributed by atoms with van der Waals surface area (Å²) in [6, 6.07) is 11.5. The van der Waals surface area contributed by atoms with Gasteiger partial charge in [0.15, 0.2) is 5.13 Å². The van der Waals surface area contributed by atoms with Gasteiger partial charge in [-0.2, -0.15) is 0 Å². The van der Waals surface area contributed by atoms with Gasteiger partial charge in [0.05, 0.1) is 16.6 Å². The van der Waals surface area contributed by atoms with Crippen molar-refractivity contribution >= 4 is 45.5 Å². The maximum absolute atomic E-state index is 12.7. The number of nitrogens with zero attached hydrogens (tertiary/aromatic N) is 2. The second kappa shape index (κ2) is 10.3. The molecule has 0 saturated carbocycles. The highest BCUT2D eigenvalue weighted by molar-refractivity contribution is 7.14. The van der Waals surface area contributed by atoms with Gasteiger partial charge in [-0.3, -0.25) is 14.4 Å². The Balaban J connectivity index is 1.31. The zero-order valence-electron chi connectivity index (χ0n) is 18.5. The number of aromatic nitrogens is 1. The molecule has 1 saturated heterocycles. The molecule has 0 unspecified atom stereocenters. The molecule has 172 valence electrons. The van der Waals surface area contributed by atoms with E-state index in [0.29, 0.717) is 31.1 Å². The molecule has 0 bridgehead atoms. The Hall–Kier alpha value is -3.04. The van der Waals surface area contributed by atoms with E-state index in [1.165, 1.54) is 29.6 Å². The van der Waals surface area contributed by atoms with E-state index in [9.17, 15) is 14.4 Å². The van der Waals surface area contributed by atoms with Crippen LogP contribution in [0.25, 0.3) is 11.3 Å². The van der Waals surface area contributed by atoms with Crippen molar-refractivity contribution < 1.29 is 14.4 Å². The SMILES string of the molecule is CC(=O)N[C@@H](C)c1ccc(-c2csc(NC(=O)C3CCN(C(=O)c4cccs4)CC3)n2)cc1. The Labute approximate surface area is 200 Å². The van der Waals surface area contributed by atoms with Crippen LogP contribution in [0.5, 0.6) is 0 Å². The zero-order valence-corrected chi connectivity index (χ0v) is 20.2. The summed E-state index contributed by atoms with van der Waals surface area (Å²) in [6.07, 6.45) is 1.30. The lowest BCUT2D eigenvalue weighted by atomic mass is 9.96. The van der Waals surface area contributed by atoms with E-state index in [0.717, 1.165) is 21.7 Å². The van der Waals surface area contributed by atoms with Gasteiger partial charge in [-0.15, -0.1) is 22.7 Å². The number of hydrogen-bond acceptors (Lipinski definition) is 6. The number of thiophene rings is 1. The second-order valence-electron chi connectivity index (χ2n) is 8.12. The van der Waals surface area contributed by atoms with Crippen LogP contribution in [0, 0.1) is 5.92 Å². The number of amides is 3. The highest BCUT2D eigenvalue weighted by Crippen LogP contribution is 2.28. The molecule has 1 atom stereocenters. The average Bonchev–Trinajstić information content (AvgIpc) is 3.51. The zero-order chi connectivity index (χ0) is 23.4. The number of carbonyl (C=O) groups excluding carboxylic acids is 3. The molecular formula is C24H26N4O3S2. The number of anilines is 1. The number of likely N-dealkylation sites (tertiary alicyclic amines) is 1. The fourth-order valence-electron chi connectivity index (χ4n) is 3.90. The topological polar surface area (TPSA) is 91.4 Å². The van der Waals surface area contributed by atoms with Crippen molar-refractivity contribution in [2.24, 2.45) is 5.92 Å². The van der Waals surface area contributed by atoms with E-state index in [1.807, 2.05) is 59.0 Å². The molecule has 4 rings (SSSR count). The smallest absolute Gasteiger partial charge is 0.263 e. The minimum Gasteiger partial charge on any atom is -0.350 e. The molecule has 0 spiro atoms. The van der Waals surface area contributed by atoms with E-state index in [2.05, 4.69) is 15.6 Å². The first-order valence-electron chi connectivity index (χ1n) is 10.9. The van der Waals surface area contributed by atoms with Gasteiger partial charge in [-0.05, 0) is 36.8 Å². The molecule has 1 aromatic carbocycles. The Morgan fingerprint density at radius 1 is 1.09 bits per heavy atom. The average molecular weight is 483 g/mol. The van der Waals surface area contributed by atoms with Crippen molar-refractivity contribution in [1.82, 2.24) is 15.2 Å². The molecule has 1 aliphatic rings. The summed E-state index contributed by atoms with van der Waals surface area (Å²) in [5.74, 6) is -0.185. The van der Waals surface area contributed by atoms with Gasteiger partial charge in [0, 0.05) is 36.9 Å². The Bertz CT molecular complexity index is 1120. The predicted octanol–water partition coefficient (Wildman–Crippen LogP) is 4.56. The number of rotatable bonds is 6. The Morgan fingerprint density at radius 2 is 1.82 bits per heavy atom. The molecule has 1 aliphatic heterocycles. The van der Waals surface area contributed by atoms with Gasteiger partial charge in [0.25, 0.3) is 5.91 Å². The summed E-state index contributed by atoms with van der Waals surface area (Å²) >= 11 is 2.84. The van der Waals surface area contributed by atoms with Crippen LogP contribution in [-0.4, -0.2) is 40.7 Å². The van der Waals surface area contributed by atoms with Gasteiger partial charge in [-0.1, -0.05) is 30.3 Å². The summed E-state index contributed by atoms with van der Waals surface area (Å²) in [7, 11) is 0. The molecule has 3 aromatic rings. The maximum atomic E-state index is 12.7. The second-order valence-corrected chi connectivity index (χ2v) is 9.92. The van der Waals surface area contributed by atoms with Crippen LogP contribution in [0.2, 0.25) is 0 Å². The maximum Gasteiger partial charge on any atom is 0.263 e. The van der Waals surface area contributed by atoms with Crippen LogP contribution in [0.1, 0.15) is 48.0 Å². The molecule has 2 N–H and O–H groups in total. The van der Waals surface area contributed by atoms with Gasteiger partial charge in [0.2, 0.25) is 11.8 Å². The van der Waals surface area contributed by atoms with Crippen LogP contribution < -0.4 is 10.6 Å². The number of thiazole rings is 1. The van der Waals surface area contributed by atoms with E-state index >= 15 is 0 Å². The van der Waals surface area contributed by atoms with Crippen molar-refractivity contribution in [2.75, 3.05) is 18.4 Å². The number of nitrogens with one attached hydrogen (secondary N) is 2. The summed E-state index contributed by atoms with van der Waals surface area (Å²) in [4.78, 5) is 43.6. The third kappa shape index (κ3) is 5.66. The molecular weight excluding hydrogens is 456 g/mol. The van der Waals surface area contributed by atoms with Crippen LogP contribution in [-0.2, 0) is 9.59 Å². The summed E-state index contributed by atoms with van der Waals surface area (Å²) in [5, 5.41) is 10.2. The molecule has 0 aliphatic carbocycles. The molecule has 9 heteroatoms. The quantitative estimate of drug-likeness (QED) is 0.539. The minimum absolute atomic E-state index is 0.0430. The molecule has 1 fully saturated rings. The predicted molar refractivity (Wildman–Crippen MR) is 131 cm³/mol. The van der Waals surface area contributed by atoms with Crippen LogP contribution in [0.15, 0.2) is 47.2 Å². The van der Waals surface area contributed by atoms with E-state index in [1.54, 1.807) is 0 Å². The Kier molecular flexibility index (Phi) is 7.20. The lowest BCUT2D eigenvalue weighted by molar-refractivity contribution is -0.121. The molecule has 0 radical (unpaired) electrons. The summed E-state index contributed by atoms with van der Waals surface area (Å²) in [5.41, 5.74) is 2.76. The fourth-order valence-corrected chi connectivity index (χ4v) is 5.32. The van der Waals surface area contributed by atoms with E-state index < -0.39 is 0 Å². The molecule has 3 heterocycles. The van der Waals surface area contributed by atoms with Gasteiger partial charge in [0.1, 0.15) is 0 Å². The van der Waals surface area contributed by atoms with Crippen molar-refractivity contribution in [3.05, 3.63) is 57.6 Å². The molecule has 33 heavy (non-hydrogen) atoms. The van der Waals surface area contributed by atoms with Crippen LogP contribution in [0.4, 0.5) is 5.13 Å². The summed E-state index contributed by atoms with van der Waals surface area (Å²) < 4.78 is 0. The normalized spacial score (nSPS) is 15.2. The van der Waals surface area contributed by atoms with Crippen molar-refractivity contribution in [1.29, 1.82) is 0 Å². The number of carbonyl (C=O) groups is 3. The highest BCUT2D eigenvalue weighted by Gasteiger charge is 2.28. The lowest BCUT2D eigenvalue weighted by Crippen LogP contribution is -2.41. The van der Waals surface area contributed by atoms with E-state index in [4.69, 9.17) is 0 Å². The van der Waals surface area contributed by atoms with E-state index in [-0.39, 0.29) is 29.7 Å². The first-order valence-corrected chi connectivity index (χ1v) is 12.6. The fraction of sp³-hybridized carbons (Fsp3) is 0.333. The van der Waals surface area contributed by atoms with Gasteiger partial charge >= 0.3 is 0 Å². The third-order valence-electron chi connectivity index (χ3n) is 5.75. The first-order chi connectivity index (χ1) is 15.9. The van der Waals surface area contributed by atoms with Gasteiger partial charge in [-0.25, -0.2) is 4.98 Å². The summed E-state index contributed by atoms with van der Waals surface area (Å²) in [6.45, 7) is 4.61. The van der Waals surface area contributed by atoms with Crippen molar-refractivity contribution in [3.8, 4) is 11.3 Å².